The number of ether oxygens (including phenoxy) is 1. The van der Waals surface area contributed by atoms with Gasteiger partial charge in [-0.1, -0.05) is 15.9 Å². The molecule has 126 valence electrons. The van der Waals surface area contributed by atoms with Gasteiger partial charge in [-0.25, -0.2) is 4.79 Å². The number of hydrogen-bond donors (Lipinski definition) is 2. The summed E-state index contributed by atoms with van der Waals surface area (Å²) in [5, 5.41) is 19.1. The van der Waals surface area contributed by atoms with E-state index >= 15 is 0 Å². The Morgan fingerprint density at radius 2 is 1.96 bits per heavy atom. The summed E-state index contributed by atoms with van der Waals surface area (Å²) in [6.07, 6.45) is -2.17. The van der Waals surface area contributed by atoms with Crippen LogP contribution in [0.3, 0.4) is 0 Å². The van der Waals surface area contributed by atoms with Crippen LogP contribution in [0.2, 0.25) is 0 Å². The molecule has 1 fully saturated rings. The van der Waals surface area contributed by atoms with Crippen molar-refractivity contribution in [3.8, 4) is 0 Å². The maximum Gasteiger partial charge on any atom is 0.340 e. The Kier molecular flexibility index (Phi) is 4.99. The van der Waals surface area contributed by atoms with Gasteiger partial charge in [0.05, 0.1) is 23.1 Å². The molecule has 2 unspecified atom stereocenters. The fourth-order valence-corrected chi connectivity index (χ4v) is 3.07. The van der Waals surface area contributed by atoms with Crippen LogP contribution in [0.4, 0.5) is 0 Å². The van der Waals surface area contributed by atoms with Gasteiger partial charge in [0, 0.05) is 13.1 Å². The Morgan fingerprint density at radius 1 is 1.35 bits per heavy atom. The molecule has 1 aliphatic rings. The Labute approximate surface area is 138 Å². The second-order valence-electron chi connectivity index (χ2n) is 5.13. The molecule has 0 amide bonds. The zero-order valence-corrected chi connectivity index (χ0v) is 13.9. The average molecular weight is 391 g/mol. The second-order valence-corrected chi connectivity index (χ2v) is 6.19. The third-order valence-electron chi connectivity index (χ3n) is 3.56. The van der Waals surface area contributed by atoms with E-state index in [4.69, 9.17) is 9.84 Å². The number of alkyl halides is 1. The normalized spacial score (nSPS) is 27.2. The predicted octanol–water partition coefficient (Wildman–Crippen LogP) is -1.11. The SMILES string of the molecule is CC(=O)c1cn([C@H]2O[C@@H](CO)C(O)C2Br)c(=O)n(C(C)=O)c1=O. The van der Waals surface area contributed by atoms with Gasteiger partial charge in [0.25, 0.3) is 5.56 Å². The van der Waals surface area contributed by atoms with Gasteiger partial charge < -0.3 is 14.9 Å². The van der Waals surface area contributed by atoms with E-state index in [0.29, 0.717) is 4.57 Å². The van der Waals surface area contributed by atoms with Gasteiger partial charge in [-0.3, -0.25) is 19.0 Å². The molecule has 2 rings (SSSR count). The van der Waals surface area contributed by atoms with Crippen molar-refractivity contribution in [2.24, 2.45) is 0 Å². The molecule has 0 aliphatic carbocycles. The Bertz CT molecular complexity index is 769. The number of carbonyl (C=O) groups excluding carboxylic acids is 2. The van der Waals surface area contributed by atoms with Crippen molar-refractivity contribution in [1.29, 1.82) is 0 Å². The van der Waals surface area contributed by atoms with Gasteiger partial charge in [0.15, 0.2) is 12.0 Å². The first-order chi connectivity index (χ1) is 10.7. The summed E-state index contributed by atoms with van der Waals surface area (Å²) >= 11 is 3.16. The van der Waals surface area contributed by atoms with E-state index < -0.39 is 52.8 Å². The highest BCUT2D eigenvalue weighted by Gasteiger charge is 2.43. The van der Waals surface area contributed by atoms with E-state index in [2.05, 4.69) is 15.9 Å². The molecule has 0 spiro atoms. The standard InChI is InChI=1S/C13H15BrN2O7/c1-5(18)7-3-15(13(22)16(6(2)19)11(7)21)12-9(14)10(20)8(4-17)23-12/h3,8-10,12,17,20H,4H2,1-2H3/t8-,9?,10?,12-/m0/s1. The third-order valence-corrected chi connectivity index (χ3v) is 4.55. The number of nitrogens with zero attached hydrogens (tertiary/aromatic N) is 2. The van der Waals surface area contributed by atoms with E-state index in [-0.39, 0.29) is 5.56 Å². The van der Waals surface area contributed by atoms with Crippen molar-refractivity contribution in [3.63, 3.8) is 0 Å². The van der Waals surface area contributed by atoms with Crippen LogP contribution in [0.5, 0.6) is 0 Å². The molecular formula is C13H15BrN2O7. The number of rotatable bonds is 3. The fourth-order valence-electron chi connectivity index (χ4n) is 2.35. The topological polar surface area (TPSA) is 128 Å². The first kappa shape index (κ1) is 17.7. The van der Waals surface area contributed by atoms with Crippen LogP contribution in [-0.4, -0.2) is 54.7 Å². The summed E-state index contributed by atoms with van der Waals surface area (Å²) < 4.78 is 6.61. The van der Waals surface area contributed by atoms with Gasteiger partial charge in [0.1, 0.15) is 6.10 Å². The quantitative estimate of drug-likeness (QED) is 0.494. The number of ketones is 1. The summed E-state index contributed by atoms with van der Waals surface area (Å²) in [5.74, 6) is -1.47. The molecule has 0 radical (unpaired) electrons. The van der Waals surface area contributed by atoms with Crippen molar-refractivity contribution in [2.75, 3.05) is 6.61 Å². The maximum atomic E-state index is 12.4. The highest BCUT2D eigenvalue weighted by Crippen LogP contribution is 2.33. The number of aliphatic hydroxyl groups excluding tert-OH is 2. The first-order valence-corrected chi connectivity index (χ1v) is 7.60. The van der Waals surface area contributed by atoms with Crippen molar-refractivity contribution in [1.82, 2.24) is 9.13 Å². The van der Waals surface area contributed by atoms with E-state index in [1.165, 1.54) is 0 Å². The number of aliphatic hydroxyl groups is 2. The molecular weight excluding hydrogens is 376 g/mol. The Balaban J connectivity index is 2.69. The molecule has 0 saturated carbocycles. The smallest absolute Gasteiger partial charge is 0.340 e. The van der Waals surface area contributed by atoms with Crippen LogP contribution in [0.25, 0.3) is 0 Å². The molecule has 10 heteroatoms. The van der Waals surface area contributed by atoms with Crippen LogP contribution < -0.4 is 11.2 Å². The Hall–Kier alpha value is -1.62. The van der Waals surface area contributed by atoms with Crippen LogP contribution in [0, 0.1) is 0 Å². The monoisotopic (exact) mass is 390 g/mol. The van der Waals surface area contributed by atoms with Gasteiger partial charge in [-0.05, 0) is 6.92 Å². The Morgan fingerprint density at radius 3 is 2.39 bits per heavy atom. The average Bonchev–Trinajstić information content (AvgIpc) is 2.74. The van der Waals surface area contributed by atoms with Crippen molar-refractivity contribution in [2.45, 2.75) is 37.1 Å². The minimum Gasteiger partial charge on any atom is -0.394 e. The lowest BCUT2D eigenvalue weighted by molar-refractivity contribution is -0.0459. The summed E-state index contributed by atoms with van der Waals surface area (Å²) in [4.78, 5) is 46.9. The van der Waals surface area contributed by atoms with Crippen LogP contribution in [0.1, 0.15) is 35.2 Å². The third kappa shape index (κ3) is 2.94. The number of halogens is 1. The molecule has 2 heterocycles. The molecule has 0 aromatic carbocycles. The van der Waals surface area contributed by atoms with E-state index in [1.807, 2.05) is 0 Å². The predicted molar refractivity (Wildman–Crippen MR) is 81.0 cm³/mol. The molecule has 4 atom stereocenters. The highest BCUT2D eigenvalue weighted by atomic mass is 79.9. The highest BCUT2D eigenvalue weighted by molar-refractivity contribution is 9.09. The molecule has 23 heavy (non-hydrogen) atoms. The number of hydrogen-bond acceptors (Lipinski definition) is 7. The fraction of sp³-hybridized carbons (Fsp3) is 0.538. The lowest BCUT2D eigenvalue weighted by Gasteiger charge is -2.19. The summed E-state index contributed by atoms with van der Waals surface area (Å²) in [5.41, 5.74) is -2.35. The zero-order chi connectivity index (χ0) is 17.5. The first-order valence-electron chi connectivity index (χ1n) is 6.69. The van der Waals surface area contributed by atoms with E-state index in [1.54, 1.807) is 0 Å². The van der Waals surface area contributed by atoms with Gasteiger partial charge in [0.2, 0.25) is 5.91 Å². The van der Waals surface area contributed by atoms with Crippen LogP contribution in [0.15, 0.2) is 15.8 Å². The number of carbonyl (C=O) groups is 2. The summed E-state index contributed by atoms with van der Waals surface area (Å²) in [6.45, 7) is 1.66. The van der Waals surface area contributed by atoms with E-state index in [0.717, 1.165) is 24.6 Å². The molecule has 0 bridgehead atoms. The molecule has 1 aromatic heterocycles. The minimum absolute atomic E-state index is 0.332. The minimum atomic E-state index is -1.12. The summed E-state index contributed by atoms with van der Waals surface area (Å²) in [7, 11) is 0. The molecule has 1 saturated heterocycles. The lowest BCUT2D eigenvalue weighted by atomic mass is 10.2. The molecule has 2 N–H and O–H groups in total. The van der Waals surface area contributed by atoms with Crippen LogP contribution in [-0.2, 0) is 4.74 Å². The van der Waals surface area contributed by atoms with Crippen LogP contribution >= 0.6 is 15.9 Å². The van der Waals surface area contributed by atoms with Gasteiger partial charge >= 0.3 is 5.69 Å². The van der Waals surface area contributed by atoms with Crippen molar-refractivity contribution >= 4 is 27.6 Å². The maximum absolute atomic E-state index is 12.4. The van der Waals surface area contributed by atoms with E-state index in [9.17, 15) is 24.3 Å². The number of Topliss-reactive ketones (excluding diaryl/α,β-unsaturated/α-hetero) is 1. The summed E-state index contributed by atoms with van der Waals surface area (Å²) in [6, 6.07) is 0. The molecule has 1 aromatic rings. The van der Waals surface area contributed by atoms with Gasteiger partial charge in [-0.15, -0.1) is 0 Å². The van der Waals surface area contributed by atoms with Crippen molar-refractivity contribution < 1.29 is 24.5 Å². The molecule has 9 nitrogen and oxygen atoms in total. The van der Waals surface area contributed by atoms with Gasteiger partial charge in [-0.2, -0.15) is 4.57 Å². The number of aromatic nitrogens is 2. The molecule has 1 aliphatic heterocycles. The second kappa shape index (κ2) is 6.48. The lowest BCUT2D eigenvalue weighted by Crippen LogP contribution is -2.46. The largest absolute Gasteiger partial charge is 0.394 e. The van der Waals surface area contributed by atoms with Crippen molar-refractivity contribution in [3.05, 3.63) is 32.6 Å². The zero-order valence-electron chi connectivity index (χ0n) is 12.3.